The van der Waals surface area contributed by atoms with Gasteiger partial charge in [0.15, 0.2) is 6.54 Å². The number of thiophene rings is 1. The molecule has 1 aromatic rings. The van der Waals surface area contributed by atoms with E-state index < -0.39 is 0 Å². The van der Waals surface area contributed by atoms with Crippen molar-refractivity contribution < 1.29 is 4.58 Å². The van der Waals surface area contributed by atoms with Gasteiger partial charge in [0, 0.05) is 18.8 Å². The van der Waals surface area contributed by atoms with Gasteiger partial charge in [-0.1, -0.05) is 12.6 Å². The number of hydrogen-bond acceptors (Lipinski definition) is 1. The van der Waals surface area contributed by atoms with Crippen LogP contribution in [-0.2, 0) is 0 Å². The zero-order chi connectivity index (χ0) is 11.9. The minimum Gasteiger partial charge on any atom is -0.223 e. The molecule has 0 radical (unpaired) electrons. The standard InChI is InChI=1S/C15H18NS/c1-2-11-16-12-5-3-4-7-14(16)9-10-15-8-6-13-17-15/h2,6,8,13H,1,3-5,7,11-12H2/q+1. The maximum Gasteiger partial charge on any atom is 0.227 e. The summed E-state index contributed by atoms with van der Waals surface area (Å²) >= 11 is 1.71. The third-order valence-electron chi connectivity index (χ3n) is 2.92. The van der Waals surface area contributed by atoms with E-state index in [0.29, 0.717) is 0 Å². The Hall–Kier alpha value is -1.33. The first-order valence-corrected chi connectivity index (χ1v) is 7.05. The van der Waals surface area contributed by atoms with Crippen molar-refractivity contribution in [1.82, 2.24) is 0 Å². The number of hydrogen-bond donors (Lipinski definition) is 0. The summed E-state index contributed by atoms with van der Waals surface area (Å²) in [5, 5.41) is 2.07. The largest absolute Gasteiger partial charge is 0.227 e. The van der Waals surface area contributed by atoms with Crippen molar-refractivity contribution in [2.45, 2.75) is 25.7 Å². The summed E-state index contributed by atoms with van der Waals surface area (Å²) in [5.41, 5.74) is 1.29. The van der Waals surface area contributed by atoms with E-state index in [9.17, 15) is 0 Å². The molecule has 2 heterocycles. The summed E-state index contributed by atoms with van der Waals surface area (Å²) < 4.78 is 2.38. The van der Waals surface area contributed by atoms with Crippen molar-refractivity contribution in [3.63, 3.8) is 0 Å². The van der Waals surface area contributed by atoms with E-state index in [4.69, 9.17) is 0 Å². The van der Waals surface area contributed by atoms with Crippen molar-refractivity contribution in [2.75, 3.05) is 13.1 Å². The summed E-state index contributed by atoms with van der Waals surface area (Å²) in [6.45, 7) is 5.88. The van der Waals surface area contributed by atoms with Crippen LogP contribution in [0.2, 0.25) is 0 Å². The summed E-state index contributed by atoms with van der Waals surface area (Å²) in [5.74, 6) is 6.62. The molecule has 1 nitrogen and oxygen atoms in total. The molecule has 0 spiro atoms. The lowest BCUT2D eigenvalue weighted by atomic mass is 10.1. The van der Waals surface area contributed by atoms with Crippen LogP contribution >= 0.6 is 11.3 Å². The fourth-order valence-corrected chi connectivity index (χ4v) is 2.62. The molecule has 0 saturated carbocycles. The van der Waals surface area contributed by atoms with E-state index in [0.717, 1.165) is 24.4 Å². The molecule has 0 N–H and O–H groups in total. The minimum atomic E-state index is 0.925. The van der Waals surface area contributed by atoms with Crippen LogP contribution in [0.25, 0.3) is 0 Å². The molecule has 0 amide bonds. The highest BCUT2D eigenvalue weighted by molar-refractivity contribution is 7.10. The van der Waals surface area contributed by atoms with Gasteiger partial charge < -0.3 is 0 Å². The second kappa shape index (κ2) is 6.42. The number of nitrogens with zero attached hydrogens (tertiary/aromatic N) is 1. The molecule has 0 unspecified atom stereocenters. The van der Waals surface area contributed by atoms with Crippen molar-refractivity contribution in [3.8, 4) is 11.8 Å². The van der Waals surface area contributed by atoms with Gasteiger partial charge in [0.1, 0.15) is 6.54 Å². The van der Waals surface area contributed by atoms with Gasteiger partial charge in [-0.25, -0.2) is 4.58 Å². The normalized spacial score (nSPS) is 16.0. The summed E-state index contributed by atoms with van der Waals surface area (Å²) in [6.07, 6.45) is 6.95. The van der Waals surface area contributed by atoms with Crippen LogP contribution in [0.1, 0.15) is 30.6 Å². The number of rotatable bonds is 2. The molecule has 1 aliphatic rings. The molecule has 0 saturated heterocycles. The van der Waals surface area contributed by atoms with Crippen molar-refractivity contribution in [2.24, 2.45) is 0 Å². The lowest BCUT2D eigenvalue weighted by molar-refractivity contribution is -0.517. The SMILES string of the molecule is C=CC[N+]1=C(C#Cc2cccs2)CCCCC1. The van der Waals surface area contributed by atoms with Crippen LogP contribution < -0.4 is 0 Å². The smallest absolute Gasteiger partial charge is 0.223 e. The van der Waals surface area contributed by atoms with Crippen LogP contribution in [0.5, 0.6) is 0 Å². The molecule has 0 aliphatic carbocycles. The Labute approximate surface area is 107 Å². The van der Waals surface area contributed by atoms with Crippen molar-refractivity contribution in [3.05, 3.63) is 35.0 Å². The monoisotopic (exact) mass is 244 g/mol. The van der Waals surface area contributed by atoms with E-state index >= 15 is 0 Å². The van der Waals surface area contributed by atoms with Crippen LogP contribution in [0.4, 0.5) is 0 Å². The Bertz CT molecular complexity index is 457. The third-order valence-corrected chi connectivity index (χ3v) is 3.71. The minimum absolute atomic E-state index is 0.925. The first kappa shape index (κ1) is 12.1. The summed E-state index contributed by atoms with van der Waals surface area (Å²) in [6, 6.07) is 4.13. The van der Waals surface area contributed by atoms with E-state index in [2.05, 4.69) is 34.4 Å². The lowest BCUT2D eigenvalue weighted by Crippen LogP contribution is -2.20. The molecule has 0 atom stereocenters. The van der Waals surface area contributed by atoms with Gasteiger partial charge in [-0.2, -0.15) is 0 Å². The summed E-state index contributed by atoms with van der Waals surface area (Å²) in [4.78, 5) is 1.15. The van der Waals surface area contributed by atoms with Crippen LogP contribution in [-0.4, -0.2) is 23.4 Å². The highest BCUT2D eigenvalue weighted by Crippen LogP contribution is 2.09. The van der Waals surface area contributed by atoms with Crippen LogP contribution in [0.15, 0.2) is 30.2 Å². The van der Waals surface area contributed by atoms with Crippen molar-refractivity contribution >= 4 is 17.0 Å². The molecular formula is C15H18NS+. The molecule has 2 heteroatoms. The van der Waals surface area contributed by atoms with Gasteiger partial charge in [-0.05, 0) is 36.3 Å². The molecule has 1 aliphatic heterocycles. The molecule has 17 heavy (non-hydrogen) atoms. The molecular weight excluding hydrogens is 226 g/mol. The van der Waals surface area contributed by atoms with Crippen LogP contribution in [0, 0.1) is 11.8 Å². The van der Waals surface area contributed by atoms with E-state index in [1.165, 1.54) is 25.0 Å². The maximum atomic E-state index is 3.83. The average Bonchev–Trinajstić information content (AvgIpc) is 2.76. The molecule has 0 bridgehead atoms. The fraction of sp³-hybridized carbons (Fsp3) is 0.400. The summed E-state index contributed by atoms with van der Waals surface area (Å²) in [7, 11) is 0. The lowest BCUT2D eigenvalue weighted by Gasteiger charge is -1.99. The Morgan fingerprint density at radius 2 is 2.29 bits per heavy atom. The Morgan fingerprint density at radius 3 is 3.06 bits per heavy atom. The van der Waals surface area contributed by atoms with Gasteiger partial charge in [0.2, 0.25) is 5.71 Å². The second-order valence-electron chi connectivity index (χ2n) is 4.22. The Balaban J connectivity index is 2.21. The Kier molecular flexibility index (Phi) is 4.58. The average molecular weight is 244 g/mol. The second-order valence-corrected chi connectivity index (χ2v) is 5.17. The van der Waals surface area contributed by atoms with Gasteiger partial charge >= 0.3 is 0 Å². The van der Waals surface area contributed by atoms with Gasteiger partial charge in [-0.3, -0.25) is 0 Å². The van der Waals surface area contributed by atoms with E-state index in [1.807, 2.05) is 12.1 Å². The molecule has 0 fully saturated rings. The molecule has 0 aromatic carbocycles. The van der Waals surface area contributed by atoms with Gasteiger partial charge in [-0.15, -0.1) is 11.3 Å². The van der Waals surface area contributed by atoms with Crippen molar-refractivity contribution in [1.29, 1.82) is 0 Å². The first-order valence-electron chi connectivity index (χ1n) is 6.17. The molecule has 1 aromatic heterocycles. The quantitative estimate of drug-likeness (QED) is 0.426. The predicted molar refractivity (Wildman–Crippen MR) is 74.9 cm³/mol. The topological polar surface area (TPSA) is 3.01 Å². The Morgan fingerprint density at radius 1 is 1.35 bits per heavy atom. The van der Waals surface area contributed by atoms with Gasteiger partial charge in [0.05, 0.1) is 4.88 Å². The first-order chi connectivity index (χ1) is 8.40. The van der Waals surface area contributed by atoms with Gasteiger partial charge in [0.25, 0.3) is 0 Å². The highest BCUT2D eigenvalue weighted by atomic mass is 32.1. The highest BCUT2D eigenvalue weighted by Gasteiger charge is 2.14. The zero-order valence-corrected chi connectivity index (χ0v) is 10.9. The molecule has 88 valence electrons. The fourth-order valence-electron chi connectivity index (χ4n) is 2.05. The molecule has 2 rings (SSSR count). The zero-order valence-electron chi connectivity index (χ0n) is 10.1. The maximum absolute atomic E-state index is 3.83. The predicted octanol–water partition coefficient (Wildman–Crippen LogP) is 3.31. The van der Waals surface area contributed by atoms with E-state index in [1.54, 1.807) is 11.3 Å². The van der Waals surface area contributed by atoms with E-state index in [-0.39, 0.29) is 0 Å². The third kappa shape index (κ3) is 3.57. The van der Waals surface area contributed by atoms with Crippen LogP contribution in [0.3, 0.4) is 0 Å².